The first-order valence-electron chi connectivity index (χ1n) is 4.50. The first-order chi connectivity index (χ1) is 5.95. The Balaban J connectivity index is 2.53. The van der Waals surface area contributed by atoms with Crippen molar-refractivity contribution in [2.24, 2.45) is 11.3 Å². The second kappa shape index (κ2) is 3.64. The molecule has 1 heterocycles. The van der Waals surface area contributed by atoms with Gasteiger partial charge in [-0.05, 0) is 5.41 Å². The van der Waals surface area contributed by atoms with E-state index in [2.05, 4.69) is 13.8 Å². The van der Waals surface area contributed by atoms with Gasteiger partial charge in [-0.3, -0.25) is 9.69 Å². The molecule has 0 amide bonds. The van der Waals surface area contributed by atoms with Crippen LogP contribution in [-0.4, -0.2) is 47.3 Å². The summed E-state index contributed by atoms with van der Waals surface area (Å²) >= 11 is 0. The van der Waals surface area contributed by atoms with Gasteiger partial charge in [0.2, 0.25) is 0 Å². The van der Waals surface area contributed by atoms with Gasteiger partial charge in [0.05, 0.1) is 6.54 Å². The molecule has 0 aliphatic carbocycles. The number of aliphatic hydroxyl groups is 1. The van der Waals surface area contributed by atoms with Gasteiger partial charge < -0.3 is 10.2 Å². The summed E-state index contributed by atoms with van der Waals surface area (Å²) in [6.45, 7) is 5.80. The molecule has 13 heavy (non-hydrogen) atoms. The number of nitrogens with zero attached hydrogens (tertiary/aromatic N) is 1. The molecule has 1 fully saturated rings. The van der Waals surface area contributed by atoms with E-state index in [0.29, 0.717) is 6.54 Å². The Morgan fingerprint density at radius 2 is 2.23 bits per heavy atom. The van der Waals surface area contributed by atoms with Crippen molar-refractivity contribution in [1.82, 2.24) is 4.90 Å². The Kier molecular flexibility index (Phi) is 2.93. The highest BCUT2D eigenvalue weighted by atomic mass is 16.4. The summed E-state index contributed by atoms with van der Waals surface area (Å²) in [5.74, 6) is -0.596. The van der Waals surface area contributed by atoms with Crippen LogP contribution < -0.4 is 0 Å². The molecule has 0 spiro atoms. The summed E-state index contributed by atoms with van der Waals surface area (Å²) in [4.78, 5) is 12.3. The maximum Gasteiger partial charge on any atom is 0.317 e. The predicted octanol–water partition coefficient (Wildman–Crippen LogP) is 0.0213. The molecule has 2 N–H and O–H groups in total. The molecule has 76 valence electrons. The summed E-state index contributed by atoms with van der Waals surface area (Å²) in [5, 5.41) is 17.7. The van der Waals surface area contributed by atoms with Crippen LogP contribution in [0.15, 0.2) is 0 Å². The lowest BCUT2D eigenvalue weighted by Gasteiger charge is -2.23. The Bertz CT molecular complexity index is 203. The number of carboxylic acids is 1. The molecule has 0 bridgehead atoms. The maximum absolute atomic E-state index is 10.5. The zero-order valence-electron chi connectivity index (χ0n) is 8.16. The average Bonchev–Trinajstić information content (AvgIpc) is 2.23. The molecular formula is C9H17NO3. The lowest BCUT2D eigenvalue weighted by molar-refractivity contribution is -0.138. The number of aliphatic carboxylic acids is 1. The molecule has 1 atom stereocenters. The summed E-state index contributed by atoms with van der Waals surface area (Å²) in [7, 11) is 0. The fraction of sp³-hybridized carbons (Fsp3) is 0.889. The summed E-state index contributed by atoms with van der Waals surface area (Å²) in [6.07, 6.45) is 0. The molecule has 0 unspecified atom stereocenters. The standard InChI is InChI=1S/C9H17NO3/c1-9(2)6-10(4-8(12)13)3-7(9)5-11/h7,11H,3-6H2,1-2H3,(H,12,13)/t7-/m1/s1. The molecule has 1 aliphatic heterocycles. The van der Waals surface area contributed by atoms with Crippen LogP contribution >= 0.6 is 0 Å². The number of aliphatic hydroxyl groups excluding tert-OH is 1. The first kappa shape index (κ1) is 10.5. The van der Waals surface area contributed by atoms with Crippen molar-refractivity contribution >= 4 is 5.97 Å². The molecule has 0 aromatic carbocycles. The van der Waals surface area contributed by atoms with Gasteiger partial charge in [-0.25, -0.2) is 0 Å². The molecule has 0 aromatic rings. The highest BCUT2D eigenvalue weighted by Gasteiger charge is 2.39. The number of rotatable bonds is 3. The van der Waals surface area contributed by atoms with Crippen LogP contribution in [0, 0.1) is 11.3 Å². The van der Waals surface area contributed by atoms with Gasteiger partial charge in [0.25, 0.3) is 0 Å². The fourth-order valence-corrected chi connectivity index (χ4v) is 1.95. The zero-order valence-corrected chi connectivity index (χ0v) is 8.16. The number of likely N-dealkylation sites (tertiary alicyclic amines) is 1. The molecule has 1 rings (SSSR count). The van der Waals surface area contributed by atoms with Crippen molar-refractivity contribution < 1.29 is 15.0 Å². The van der Waals surface area contributed by atoms with Crippen LogP contribution in [0.1, 0.15) is 13.8 Å². The zero-order chi connectivity index (χ0) is 10.1. The predicted molar refractivity (Wildman–Crippen MR) is 48.4 cm³/mol. The van der Waals surface area contributed by atoms with E-state index in [1.807, 2.05) is 4.90 Å². The van der Waals surface area contributed by atoms with E-state index in [4.69, 9.17) is 10.2 Å². The van der Waals surface area contributed by atoms with Crippen molar-refractivity contribution in [3.05, 3.63) is 0 Å². The molecule has 0 radical (unpaired) electrons. The normalized spacial score (nSPS) is 27.8. The Morgan fingerprint density at radius 3 is 2.62 bits per heavy atom. The van der Waals surface area contributed by atoms with Crippen LogP contribution in [-0.2, 0) is 4.79 Å². The van der Waals surface area contributed by atoms with Crippen LogP contribution in [0.5, 0.6) is 0 Å². The Morgan fingerprint density at radius 1 is 1.62 bits per heavy atom. The fourth-order valence-electron chi connectivity index (χ4n) is 1.95. The highest BCUT2D eigenvalue weighted by molar-refractivity contribution is 5.69. The van der Waals surface area contributed by atoms with E-state index < -0.39 is 5.97 Å². The minimum atomic E-state index is -0.797. The molecule has 1 saturated heterocycles. The van der Waals surface area contributed by atoms with Crippen LogP contribution in [0.3, 0.4) is 0 Å². The molecule has 0 saturated carbocycles. The van der Waals surface area contributed by atoms with E-state index in [0.717, 1.165) is 6.54 Å². The van der Waals surface area contributed by atoms with Crippen molar-refractivity contribution in [1.29, 1.82) is 0 Å². The van der Waals surface area contributed by atoms with Gasteiger partial charge in [0.15, 0.2) is 0 Å². The summed E-state index contributed by atoms with van der Waals surface area (Å²) in [6, 6.07) is 0. The van der Waals surface area contributed by atoms with Crippen LogP contribution in [0.25, 0.3) is 0 Å². The topological polar surface area (TPSA) is 60.8 Å². The van der Waals surface area contributed by atoms with Crippen molar-refractivity contribution in [3.8, 4) is 0 Å². The maximum atomic E-state index is 10.5. The van der Waals surface area contributed by atoms with E-state index >= 15 is 0 Å². The monoisotopic (exact) mass is 187 g/mol. The second-order valence-corrected chi connectivity index (χ2v) is 4.43. The van der Waals surface area contributed by atoms with Gasteiger partial charge in [-0.1, -0.05) is 13.8 Å². The lowest BCUT2D eigenvalue weighted by atomic mass is 9.83. The second-order valence-electron chi connectivity index (χ2n) is 4.43. The number of carboxylic acid groups (broad SMARTS) is 1. The third-order valence-electron chi connectivity index (χ3n) is 2.79. The van der Waals surface area contributed by atoms with Crippen molar-refractivity contribution in [2.75, 3.05) is 26.2 Å². The minimum absolute atomic E-state index is 0.0319. The molecular weight excluding hydrogens is 170 g/mol. The van der Waals surface area contributed by atoms with Gasteiger partial charge in [-0.15, -0.1) is 0 Å². The highest BCUT2D eigenvalue weighted by Crippen LogP contribution is 2.34. The molecule has 0 aromatic heterocycles. The SMILES string of the molecule is CC1(C)CN(CC(=O)O)C[C@@H]1CO. The third kappa shape index (κ3) is 2.42. The van der Waals surface area contributed by atoms with Crippen molar-refractivity contribution in [2.45, 2.75) is 13.8 Å². The third-order valence-corrected chi connectivity index (χ3v) is 2.79. The van der Waals surface area contributed by atoms with E-state index in [1.165, 1.54) is 0 Å². The molecule has 4 heteroatoms. The number of hydrogen-bond donors (Lipinski definition) is 2. The van der Waals surface area contributed by atoms with E-state index in [1.54, 1.807) is 0 Å². The first-order valence-corrected chi connectivity index (χ1v) is 4.50. The Labute approximate surface area is 78.2 Å². The lowest BCUT2D eigenvalue weighted by Crippen LogP contribution is -2.28. The minimum Gasteiger partial charge on any atom is -0.480 e. The molecule has 1 aliphatic rings. The van der Waals surface area contributed by atoms with E-state index in [-0.39, 0.29) is 24.5 Å². The largest absolute Gasteiger partial charge is 0.480 e. The smallest absolute Gasteiger partial charge is 0.317 e. The van der Waals surface area contributed by atoms with Gasteiger partial charge in [0, 0.05) is 25.6 Å². The summed E-state index contributed by atoms with van der Waals surface area (Å²) < 4.78 is 0. The number of carbonyl (C=O) groups is 1. The van der Waals surface area contributed by atoms with Crippen LogP contribution in [0.4, 0.5) is 0 Å². The quantitative estimate of drug-likeness (QED) is 0.654. The van der Waals surface area contributed by atoms with Crippen molar-refractivity contribution in [3.63, 3.8) is 0 Å². The van der Waals surface area contributed by atoms with Gasteiger partial charge in [-0.2, -0.15) is 0 Å². The average molecular weight is 187 g/mol. The van der Waals surface area contributed by atoms with Gasteiger partial charge >= 0.3 is 5.97 Å². The van der Waals surface area contributed by atoms with E-state index in [9.17, 15) is 4.79 Å². The number of hydrogen-bond acceptors (Lipinski definition) is 3. The molecule has 4 nitrogen and oxygen atoms in total. The Hall–Kier alpha value is -0.610. The summed E-state index contributed by atoms with van der Waals surface area (Å²) in [5.41, 5.74) is 0.0319. The van der Waals surface area contributed by atoms with Gasteiger partial charge in [0.1, 0.15) is 0 Å². The van der Waals surface area contributed by atoms with Crippen LogP contribution in [0.2, 0.25) is 0 Å².